The average Bonchev–Trinajstić information content (AvgIpc) is 2.62. The van der Waals surface area contributed by atoms with Crippen molar-refractivity contribution in [3.8, 4) is 0 Å². The molecule has 0 bridgehead atoms. The van der Waals surface area contributed by atoms with Crippen molar-refractivity contribution in [3.05, 3.63) is 76.8 Å². The molecule has 3 nitrogen and oxygen atoms in total. The average molecular weight is 383 g/mol. The summed E-state index contributed by atoms with van der Waals surface area (Å²) in [6, 6.07) is 19.0. The highest BCUT2D eigenvalue weighted by atomic mass is 35.5. The SMILES string of the molecule is CC(C)c1ccc(NC(=S)NC(=O)c2cccc3c(Cl)cccc23)cc1. The van der Waals surface area contributed by atoms with Crippen molar-refractivity contribution in [2.75, 3.05) is 5.32 Å². The number of carbonyl (C=O) groups excluding carboxylic acids is 1. The van der Waals surface area contributed by atoms with E-state index < -0.39 is 0 Å². The molecule has 3 aromatic carbocycles. The Morgan fingerprint density at radius 3 is 2.31 bits per heavy atom. The van der Waals surface area contributed by atoms with Gasteiger partial charge >= 0.3 is 0 Å². The van der Waals surface area contributed by atoms with E-state index in [0.29, 0.717) is 16.5 Å². The predicted octanol–water partition coefficient (Wildman–Crippen LogP) is 5.74. The number of thiocarbonyl (C=S) groups is 1. The number of rotatable bonds is 3. The standard InChI is InChI=1S/C21H19ClN2OS/c1-13(2)14-9-11-15(12-10-14)23-21(26)24-20(25)18-7-3-6-17-16(18)5-4-8-19(17)22/h3-13H,1-2H3,(H2,23,24,25,26). The summed E-state index contributed by atoms with van der Waals surface area (Å²) < 4.78 is 0. The summed E-state index contributed by atoms with van der Waals surface area (Å²) in [7, 11) is 0. The molecular formula is C21H19ClN2OS. The highest BCUT2D eigenvalue weighted by Gasteiger charge is 2.12. The molecule has 0 spiro atoms. The summed E-state index contributed by atoms with van der Waals surface area (Å²) in [5, 5.41) is 8.27. The Morgan fingerprint density at radius 1 is 0.962 bits per heavy atom. The van der Waals surface area contributed by atoms with Gasteiger partial charge in [-0.1, -0.05) is 61.8 Å². The lowest BCUT2D eigenvalue weighted by Crippen LogP contribution is -2.34. The van der Waals surface area contributed by atoms with Gasteiger partial charge in [0.2, 0.25) is 0 Å². The molecule has 132 valence electrons. The summed E-state index contributed by atoms with van der Waals surface area (Å²) in [5.74, 6) is 0.197. The van der Waals surface area contributed by atoms with E-state index >= 15 is 0 Å². The van der Waals surface area contributed by atoms with Crippen LogP contribution in [0.2, 0.25) is 5.02 Å². The molecule has 3 rings (SSSR count). The molecule has 1 amide bonds. The van der Waals surface area contributed by atoms with Gasteiger partial charge < -0.3 is 5.32 Å². The van der Waals surface area contributed by atoms with Crippen LogP contribution in [0.1, 0.15) is 35.7 Å². The minimum atomic E-state index is -0.269. The minimum Gasteiger partial charge on any atom is -0.332 e. The van der Waals surface area contributed by atoms with Crippen LogP contribution in [0, 0.1) is 0 Å². The summed E-state index contributed by atoms with van der Waals surface area (Å²) in [6.07, 6.45) is 0. The van der Waals surface area contributed by atoms with Gasteiger partial charge in [0, 0.05) is 21.7 Å². The molecule has 0 aromatic heterocycles. The molecule has 0 atom stereocenters. The van der Waals surface area contributed by atoms with E-state index in [4.69, 9.17) is 23.8 Å². The van der Waals surface area contributed by atoms with E-state index in [-0.39, 0.29) is 11.0 Å². The number of anilines is 1. The van der Waals surface area contributed by atoms with Crippen molar-refractivity contribution >= 4 is 51.3 Å². The number of nitrogens with one attached hydrogen (secondary N) is 2. The molecular weight excluding hydrogens is 364 g/mol. The third kappa shape index (κ3) is 4.03. The predicted molar refractivity (Wildman–Crippen MR) is 113 cm³/mol. The molecule has 26 heavy (non-hydrogen) atoms. The van der Waals surface area contributed by atoms with E-state index in [1.54, 1.807) is 12.1 Å². The molecule has 5 heteroatoms. The monoisotopic (exact) mass is 382 g/mol. The maximum atomic E-state index is 12.6. The first kappa shape index (κ1) is 18.4. The Hall–Kier alpha value is -2.43. The Labute approximate surface area is 163 Å². The second kappa shape index (κ2) is 7.85. The zero-order chi connectivity index (χ0) is 18.7. The molecule has 0 aliphatic carbocycles. The lowest BCUT2D eigenvalue weighted by atomic mass is 10.0. The van der Waals surface area contributed by atoms with Crippen LogP contribution in [-0.2, 0) is 0 Å². The lowest BCUT2D eigenvalue weighted by Gasteiger charge is -2.12. The number of fused-ring (bicyclic) bond motifs is 1. The van der Waals surface area contributed by atoms with Gasteiger partial charge in [-0.05, 0) is 53.4 Å². The van der Waals surface area contributed by atoms with Crippen LogP contribution in [0.25, 0.3) is 10.8 Å². The van der Waals surface area contributed by atoms with Crippen LogP contribution in [0.15, 0.2) is 60.7 Å². The fourth-order valence-electron chi connectivity index (χ4n) is 2.75. The van der Waals surface area contributed by atoms with Crippen molar-refractivity contribution in [1.82, 2.24) is 5.32 Å². The smallest absolute Gasteiger partial charge is 0.258 e. The zero-order valence-electron chi connectivity index (χ0n) is 14.5. The topological polar surface area (TPSA) is 41.1 Å². The molecule has 0 fully saturated rings. The van der Waals surface area contributed by atoms with Crippen LogP contribution in [0.3, 0.4) is 0 Å². The molecule has 0 saturated carbocycles. The van der Waals surface area contributed by atoms with Crippen molar-refractivity contribution in [3.63, 3.8) is 0 Å². The first-order valence-corrected chi connectivity index (χ1v) is 9.14. The van der Waals surface area contributed by atoms with Crippen LogP contribution >= 0.6 is 23.8 Å². The second-order valence-corrected chi connectivity index (χ2v) is 7.14. The highest BCUT2D eigenvalue weighted by Crippen LogP contribution is 2.26. The fraction of sp³-hybridized carbons (Fsp3) is 0.143. The fourth-order valence-corrected chi connectivity index (χ4v) is 3.20. The van der Waals surface area contributed by atoms with Gasteiger partial charge in [-0.15, -0.1) is 0 Å². The second-order valence-electron chi connectivity index (χ2n) is 6.33. The van der Waals surface area contributed by atoms with E-state index in [1.807, 2.05) is 48.5 Å². The molecule has 0 aliphatic rings. The Bertz CT molecular complexity index is 967. The zero-order valence-corrected chi connectivity index (χ0v) is 16.1. The summed E-state index contributed by atoms with van der Waals surface area (Å²) in [6.45, 7) is 4.29. The van der Waals surface area contributed by atoms with Crippen LogP contribution in [0.4, 0.5) is 5.69 Å². The van der Waals surface area contributed by atoms with E-state index in [1.165, 1.54) is 5.56 Å². The number of benzene rings is 3. The van der Waals surface area contributed by atoms with Gasteiger partial charge in [-0.3, -0.25) is 10.1 Å². The molecule has 0 saturated heterocycles. The third-order valence-corrected chi connectivity index (χ3v) is 4.71. The normalized spacial score (nSPS) is 10.8. The largest absolute Gasteiger partial charge is 0.332 e. The Kier molecular flexibility index (Phi) is 5.55. The Morgan fingerprint density at radius 2 is 1.62 bits per heavy atom. The highest BCUT2D eigenvalue weighted by molar-refractivity contribution is 7.80. The molecule has 0 heterocycles. The number of hydrogen-bond acceptors (Lipinski definition) is 2. The minimum absolute atomic E-state index is 0.256. The maximum absolute atomic E-state index is 12.6. The van der Waals surface area contributed by atoms with E-state index in [9.17, 15) is 4.79 Å². The molecule has 3 aromatic rings. The molecule has 0 aliphatic heterocycles. The quantitative estimate of drug-likeness (QED) is 0.567. The van der Waals surface area contributed by atoms with Gasteiger partial charge in [0.05, 0.1) is 0 Å². The van der Waals surface area contributed by atoms with Gasteiger partial charge in [0.1, 0.15) is 0 Å². The first-order chi connectivity index (χ1) is 12.5. The number of amides is 1. The lowest BCUT2D eigenvalue weighted by molar-refractivity contribution is 0.0979. The van der Waals surface area contributed by atoms with E-state index in [0.717, 1.165) is 16.5 Å². The maximum Gasteiger partial charge on any atom is 0.258 e. The molecule has 0 unspecified atom stereocenters. The van der Waals surface area contributed by atoms with Crippen molar-refractivity contribution in [1.29, 1.82) is 0 Å². The summed E-state index contributed by atoms with van der Waals surface area (Å²) in [5.41, 5.74) is 2.61. The first-order valence-electron chi connectivity index (χ1n) is 8.35. The van der Waals surface area contributed by atoms with E-state index in [2.05, 4.69) is 24.5 Å². The van der Waals surface area contributed by atoms with Gasteiger partial charge in [-0.25, -0.2) is 0 Å². The van der Waals surface area contributed by atoms with Crippen molar-refractivity contribution < 1.29 is 4.79 Å². The summed E-state index contributed by atoms with van der Waals surface area (Å²) in [4.78, 5) is 12.6. The molecule has 0 radical (unpaired) electrons. The van der Waals surface area contributed by atoms with Crippen LogP contribution < -0.4 is 10.6 Å². The van der Waals surface area contributed by atoms with Crippen molar-refractivity contribution in [2.45, 2.75) is 19.8 Å². The van der Waals surface area contributed by atoms with Crippen LogP contribution in [-0.4, -0.2) is 11.0 Å². The Balaban J connectivity index is 1.74. The van der Waals surface area contributed by atoms with Gasteiger partial charge in [-0.2, -0.15) is 0 Å². The summed E-state index contributed by atoms with van der Waals surface area (Å²) >= 11 is 11.5. The number of halogens is 1. The third-order valence-electron chi connectivity index (χ3n) is 4.18. The van der Waals surface area contributed by atoms with Crippen LogP contribution in [0.5, 0.6) is 0 Å². The number of carbonyl (C=O) groups is 1. The van der Waals surface area contributed by atoms with Gasteiger partial charge in [0.15, 0.2) is 5.11 Å². The number of hydrogen-bond donors (Lipinski definition) is 2. The van der Waals surface area contributed by atoms with Crippen molar-refractivity contribution in [2.24, 2.45) is 0 Å². The molecule has 2 N–H and O–H groups in total. The van der Waals surface area contributed by atoms with Gasteiger partial charge in [0.25, 0.3) is 5.91 Å².